The van der Waals surface area contributed by atoms with Crippen LogP contribution >= 0.6 is 11.6 Å². The van der Waals surface area contributed by atoms with Gasteiger partial charge < -0.3 is 10.6 Å². The van der Waals surface area contributed by atoms with Crippen molar-refractivity contribution in [1.29, 1.82) is 0 Å². The average molecular weight is 442 g/mol. The second kappa shape index (κ2) is 8.01. The molecule has 0 spiro atoms. The van der Waals surface area contributed by atoms with E-state index in [0.29, 0.717) is 35.1 Å². The van der Waals surface area contributed by atoms with E-state index in [0.717, 1.165) is 11.1 Å². The van der Waals surface area contributed by atoms with Gasteiger partial charge in [0, 0.05) is 22.9 Å². The first kappa shape index (κ1) is 20.3. The van der Waals surface area contributed by atoms with Gasteiger partial charge in [0.15, 0.2) is 0 Å². The average Bonchev–Trinajstić information content (AvgIpc) is 3.12. The summed E-state index contributed by atoms with van der Waals surface area (Å²) in [6.07, 6.45) is 0.620. The van der Waals surface area contributed by atoms with Crippen molar-refractivity contribution < 1.29 is 13.2 Å². The predicted octanol–water partition coefficient (Wildman–Crippen LogP) is 5.04. The minimum Gasteiger partial charge on any atom is -0.308 e. The lowest BCUT2D eigenvalue weighted by molar-refractivity contribution is 0.262. The number of hydrogen-bond donors (Lipinski definition) is 2. The molecule has 0 unspecified atom stereocenters. The molecular weight excluding hydrogens is 422 g/mol. The molecule has 30 heavy (non-hydrogen) atoms. The molecule has 1 heterocycles. The maximum atomic E-state index is 13.1. The minimum atomic E-state index is -3.68. The normalized spacial score (nSPS) is 13.1. The van der Waals surface area contributed by atoms with Crippen LogP contribution in [0.2, 0.25) is 5.02 Å². The third kappa shape index (κ3) is 4.13. The van der Waals surface area contributed by atoms with E-state index in [1.807, 2.05) is 13.0 Å². The Morgan fingerprint density at radius 3 is 2.37 bits per heavy atom. The van der Waals surface area contributed by atoms with Gasteiger partial charge in [-0.05, 0) is 61.4 Å². The minimum absolute atomic E-state index is 0.248. The van der Waals surface area contributed by atoms with Crippen LogP contribution in [0, 0.1) is 6.92 Å². The lowest BCUT2D eigenvalue weighted by Gasteiger charge is -2.20. The second-order valence-electron chi connectivity index (χ2n) is 7.07. The van der Waals surface area contributed by atoms with Crippen LogP contribution in [-0.2, 0) is 16.4 Å². The molecule has 4 rings (SSSR count). The summed E-state index contributed by atoms with van der Waals surface area (Å²) in [4.78, 5) is 12.6. The zero-order chi connectivity index (χ0) is 21.3. The fourth-order valence-corrected chi connectivity index (χ4v) is 5.06. The van der Waals surface area contributed by atoms with Gasteiger partial charge >= 0.3 is 6.03 Å². The number of urea groups is 1. The van der Waals surface area contributed by atoms with E-state index < -0.39 is 16.1 Å². The zero-order valence-electron chi connectivity index (χ0n) is 16.2. The Balaban J connectivity index is 1.55. The molecule has 0 aromatic heterocycles. The SMILES string of the molecule is Cc1ccc(S(=O)(=O)N2CCc3ccc(NC(=O)Nc4cccc(Cl)c4)cc32)cc1. The molecule has 8 heteroatoms. The monoisotopic (exact) mass is 441 g/mol. The number of benzene rings is 3. The van der Waals surface area contributed by atoms with Crippen LogP contribution in [0.3, 0.4) is 0 Å². The van der Waals surface area contributed by atoms with Crippen LogP contribution in [0.1, 0.15) is 11.1 Å². The summed E-state index contributed by atoms with van der Waals surface area (Å²) in [5.74, 6) is 0. The van der Waals surface area contributed by atoms with Crippen LogP contribution in [0.5, 0.6) is 0 Å². The van der Waals surface area contributed by atoms with Gasteiger partial charge in [-0.15, -0.1) is 0 Å². The van der Waals surface area contributed by atoms with E-state index in [4.69, 9.17) is 11.6 Å². The number of halogens is 1. The lowest BCUT2D eigenvalue weighted by Crippen LogP contribution is -2.29. The number of amides is 2. The first-order chi connectivity index (χ1) is 14.3. The van der Waals surface area contributed by atoms with E-state index >= 15 is 0 Å². The summed E-state index contributed by atoms with van der Waals surface area (Å²) >= 11 is 5.94. The number of carbonyl (C=O) groups is 1. The Hall–Kier alpha value is -3.03. The summed E-state index contributed by atoms with van der Waals surface area (Å²) in [6.45, 7) is 2.28. The van der Waals surface area contributed by atoms with Crippen LogP contribution in [-0.4, -0.2) is 21.0 Å². The summed E-state index contributed by atoms with van der Waals surface area (Å²) in [5, 5.41) is 5.97. The van der Waals surface area contributed by atoms with Gasteiger partial charge in [0.1, 0.15) is 0 Å². The van der Waals surface area contributed by atoms with Gasteiger partial charge in [-0.3, -0.25) is 4.31 Å². The molecule has 0 bridgehead atoms. The smallest absolute Gasteiger partial charge is 0.308 e. The van der Waals surface area contributed by atoms with Crippen molar-refractivity contribution in [2.24, 2.45) is 0 Å². The molecule has 0 aliphatic carbocycles. The van der Waals surface area contributed by atoms with E-state index in [-0.39, 0.29) is 4.90 Å². The van der Waals surface area contributed by atoms with Crippen LogP contribution in [0.4, 0.5) is 21.9 Å². The van der Waals surface area contributed by atoms with Gasteiger partial charge in [0.05, 0.1) is 10.6 Å². The molecule has 0 saturated carbocycles. The molecule has 1 aliphatic heterocycles. The number of nitrogens with one attached hydrogen (secondary N) is 2. The summed E-state index contributed by atoms with van der Waals surface area (Å²) in [6, 6.07) is 18.5. The number of carbonyl (C=O) groups excluding carboxylic acids is 1. The lowest BCUT2D eigenvalue weighted by atomic mass is 10.1. The van der Waals surface area contributed by atoms with Gasteiger partial charge in [0.25, 0.3) is 10.0 Å². The van der Waals surface area contributed by atoms with Crippen molar-refractivity contribution in [3.63, 3.8) is 0 Å². The number of rotatable bonds is 4. The van der Waals surface area contributed by atoms with Crippen LogP contribution < -0.4 is 14.9 Å². The first-order valence-electron chi connectivity index (χ1n) is 9.39. The zero-order valence-corrected chi connectivity index (χ0v) is 17.8. The quantitative estimate of drug-likeness (QED) is 0.595. The number of aryl methyl sites for hydroxylation is 1. The second-order valence-corrected chi connectivity index (χ2v) is 9.37. The fourth-order valence-electron chi connectivity index (χ4n) is 3.37. The van der Waals surface area contributed by atoms with Crippen molar-refractivity contribution in [1.82, 2.24) is 0 Å². The molecule has 0 atom stereocenters. The molecule has 6 nitrogen and oxygen atoms in total. The third-order valence-corrected chi connectivity index (χ3v) is 6.95. The van der Waals surface area contributed by atoms with E-state index in [1.54, 1.807) is 60.7 Å². The van der Waals surface area contributed by atoms with Crippen LogP contribution in [0.15, 0.2) is 71.6 Å². The Morgan fingerprint density at radius 2 is 1.67 bits per heavy atom. The van der Waals surface area contributed by atoms with Crippen LogP contribution in [0.25, 0.3) is 0 Å². The van der Waals surface area contributed by atoms with Gasteiger partial charge in [-0.2, -0.15) is 0 Å². The highest BCUT2D eigenvalue weighted by atomic mass is 35.5. The third-order valence-electron chi connectivity index (χ3n) is 4.89. The Morgan fingerprint density at radius 1 is 0.967 bits per heavy atom. The van der Waals surface area contributed by atoms with Gasteiger partial charge in [-0.1, -0.05) is 41.4 Å². The summed E-state index contributed by atoms with van der Waals surface area (Å²) in [5.41, 5.74) is 3.56. The van der Waals surface area contributed by atoms with E-state index in [9.17, 15) is 13.2 Å². The van der Waals surface area contributed by atoms with Crippen molar-refractivity contribution in [2.45, 2.75) is 18.2 Å². The molecule has 0 fully saturated rings. The van der Waals surface area contributed by atoms with Crippen molar-refractivity contribution >= 4 is 44.7 Å². The molecule has 154 valence electrons. The van der Waals surface area contributed by atoms with Crippen molar-refractivity contribution in [3.05, 3.63) is 82.9 Å². The number of fused-ring (bicyclic) bond motifs is 1. The Bertz CT molecular complexity index is 1210. The molecular formula is C22H20ClN3O3S. The maximum Gasteiger partial charge on any atom is 0.323 e. The maximum absolute atomic E-state index is 13.1. The number of nitrogens with zero attached hydrogens (tertiary/aromatic N) is 1. The summed E-state index contributed by atoms with van der Waals surface area (Å²) < 4.78 is 27.7. The van der Waals surface area contributed by atoms with E-state index in [1.165, 1.54) is 4.31 Å². The predicted molar refractivity (Wildman–Crippen MR) is 120 cm³/mol. The molecule has 0 saturated heterocycles. The van der Waals surface area contributed by atoms with Crippen molar-refractivity contribution in [2.75, 3.05) is 21.5 Å². The number of sulfonamides is 1. The molecule has 2 amide bonds. The molecule has 3 aromatic rings. The molecule has 2 N–H and O–H groups in total. The molecule has 0 radical (unpaired) electrons. The van der Waals surface area contributed by atoms with Gasteiger partial charge in [0.2, 0.25) is 0 Å². The Kier molecular flexibility index (Phi) is 5.40. The highest BCUT2D eigenvalue weighted by Gasteiger charge is 2.31. The summed E-state index contributed by atoms with van der Waals surface area (Å²) in [7, 11) is -3.68. The van der Waals surface area contributed by atoms with Gasteiger partial charge in [-0.25, -0.2) is 13.2 Å². The fraction of sp³-hybridized carbons (Fsp3) is 0.136. The van der Waals surface area contributed by atoms with Crippen molar-refractivity contribution in [3.8, 4) is 0 Å². The highest BCUT2D eigenvalue weighted by molar-refractivity contribution is 7.92. The Labute approximate surface area is 180 Å². The number of hydrogen-bond acceptors (Lipinski definition) is 3. The molecule has 3 aromatic carbocycles. The standard InChI is InChI=1S/C22H20ClN3O3S/c1-15-5-9-20(10-6-15)30(28,29)26-12-11-16-7-8-19(14-21(16)26)25-22(27)24-18-4-2-3-17(23)13-18/h2-10,13-14H,11-12H2,1H3,(H2,24,25,27). The molecule has 1 aliphatic rings. The topological polar surface area (TPSA) is 78.5 Å². The number of anilines is 3. The first-order valence-corrected chi connectivity index (χ1v) is 11.2. The van der Waals surface area contributed by atoms with E-state index in [2.05, 4.69) is 10.6 Å². The highest BCUT2D eigenvalue weighted by Crippen LogP contribution is 2.35. The largest absolute Gasteiger partial charge is 0.323 e.